The Morgan fingerprint density at radius 2 is 2.32 bits per heavy atom. The number of carbonyl (C=O) groups is 1. The van der Waals surface area contributed by atoms with Crippen LogP contribution in [0.5, 0.6) is 0 Å². The van der Waals surface area contributed by atoms with E-state index in [4.69, 9.17) is 21.4 Å². The number of aliphatic hydroxyl groups excluding tert-OH is 1. The molecule has 19 heavy (non-hydrogen) atoms. The Bertz CT molecular complexity index is 483. The summed E-state index contributed by atoms with van der Waals surface area (Å²) >= 11 is 9.29. The maximum absolute atomic E-state index is 12.4. The molecule has 1 aliphatic heterocycles. The fourth-order valence-electron chi connectivity index (χ4n) is 2.12. The van der Waals surface area contributed by atoms with Crippen molar-refractivity contribution < 1.29 is 14.6 Å². The van der Waals surface area contributed by atoms with Gasteiger partial charge in [0.1, 0.15) is 0 Å². The van der Waals surface area contributed by atoms with Crippen LogP contribution in [0.1, 0.15) is 17.3 Å². The van der Waals surface area contributed by atoms with Crippen molar-refractivity contribution in [2.45, 2.75) is 19.1 Å². The van der Waals surface area contributed by atoms with Gasteiger partial charge < -0.3 is 14.7 Å². The van der Waals surface area contributed by atoms with Gasteiger partial charge in [0.05, 0.1) is 23.8 Å². The highest BCUT2D eigenvalue weighted by Gasteiger charge is 2.28. The summed E-state index contributed by atoms with van der Waals surface area (Å²) in [4.78, 5) is 14.1. The molecule has 0 saturated carbocycles. The van der Waals surface area contributed by atoms with Crippen LogP contribution < -0.4 is 0 Å². The van der Waals surface area contributed by atoms with E-state index < -0.39 is 0 Å². The number of halogens is 2. The summed E-state index contributed by atoms with van der Waals surface area (Å²) < 4.78 is 6.28. The van der Waals surface area contributed by atoms with Gasteiger partial charge in [-0.25, -0.2) is 0 Å². The van der Waals surface area contributed by atoms with E-state index >= 15 is 0 Å². The largest absolute Gasteiger partial charge is 0.394 e. The monoisotopic (exact) mass is 347 g/mol. The van der Waals surface area contributed by atoms with E-state index in [1.54, 1.807) is 23.1 Å². The summed E-state index contributed by atoms with van der Waals surface area (Å²) in [6, 6.07) is 5.12. The number of nitrogens with zero attached hydrogens (tertiary/aromatic N) is 1. The van der Waals surface area contributed by atoms with Gasteiger partial charge in [0.25, 0.3) is 5.91 Å². The van der Waals surface area contributed by atoms with Crippen LogP contribution in [0, 0.1) is 0 Å². The number of hydrogen-bond acceptors (Lipinski definition) is 3. The molecule has 1 aromatic carbocycles. The summed E-state index contributed by atoms with van der Waals surface area (Å²) in [6.07, 6.45) is -0.403. The zero-order valence-electron chi connectivity index (χ0n) is 10.5. The number of rotatable bonds is 2. The molecule has 1 heterocycles. The first-order valence-electron chi connectivity index (χ1n) is 6.02. The van der Waals surface area contributed by atoms with Crippen LogP contribution in [0.15, 0.2) is 22.7 Å². The second kappa shape index (κ2) is 6.22. The standard InChI is InChI=1S/C13H15BrClNO3/c1-8-5-16(6-10(7-17)19-8)13(18)9-2-3-11(14)12(15)4-9/h2-4,8,10,17H,5-7H2,1H3. The van der Waals surface area contributed by atoms with Crippen LogP contribution in [0.2, 0.25) is 5.02 Å². The average molecular weight is 349 g/mol. The molecule has 2 unspecified atom stereocenters. The predicted octanol–water partition coefficient (Wildman–Crippen LogP) is 2.32. The van der Waals surface area contributed by atoms with Gasteiger partial charge in [-0.3, -0.25) is 4.79 Å². The minimum absolute atomic E-state index is 0.0826. The van der Waals surface area contributed by atoms with Crippen molar-refractivity contribution in [1.82, 2.24) is 4.90 Å². The maximum atomic E-state index is 12.4. The van der Waals surface area contributed by atoms with Crippen LogP contribution in [0.4, 0.5) is 0 Å². The van der Waals surface area contributed by atoms with E-state index in [0.29, 0.717) is 23.7 Å². The fraction of sp³-hybridized carbons (Fsp3) is 0.462. The number of ether oxygens (including phenoxy) is 1. The SMILES string of the molecule is CC1CN(C(=O)c2ccc(Br)c(Cl)c2)CC(CO)O1. The molecule has 0 spiro atoms. The maximum Gasteiger partial charge on any atom is 0.254 e. The number of benzene rings is 1. The van der Waals surface area contributed by atoms with Gasteiger partial charge in [0, 0.05) is 23.1 Å². The molecule has 6 heteroatoms. The van der Waals surface area contributed by atoms with E-state index in [1.165, 1.54) is 0 Å². The highest BCUT2D eigenvalue weighted by molar-refractivity contribution is 9.10. The average Bonchev–Trinajstić information content (AvgIpc) is 2.40. The Hall–Kier alpha value is -0.620. The zero-order chi connectivity index (χ0) is 14.0. The fourth-order valence-corrected chi connectivity index (χ4v) is 2.55. The lowest BCUT2D eigenvalue weighted by Gasteiger charge is -2.36. The van der Waals surface area contributed by atoms with Crippen LogP contribution in [0.25, 0.3) is 0 Å². The second-order valence-electron chi connectivity index (χ2n) is 4.59. The molecule has 4 nitrogen and oxygen atoms in total. The molecule has 104 valence electrons. The van der Waals surface area contributed by atoms with Crippen molar-refractivity contribution in [2.75, 3.05) is 19.7 Å². The van der Waals surface area contributed by atoms with Crippen molar-refractivity contribution in [3.63, 3.8) is 0 Å². The number of amides is 1. The van der Waals surface area contributed by atoms with Gasteiger partial charge in [-0.15, -0.1) is 0 Å². The normalized spacial score (nSPS) is 23.5. The van der Waals surface area contributed by atoms with E-state index in [-0.39, 0.29) is 24.7 Å². The van der Waals surface area contributed by atoms with E-state index in [1.807, 2.05) is 6.92 Å². The van der Waals surface area contributed by atoms with Crippen molar-refractivity contribution in [1.29, 1.82) is 0 Å². The highest BCUT2D eigenvalue weighted by Crippen LogP contribution is 2.24. The number of carbonyl (C=O) groups excluding carboxylic acids is 1. The molecule has 0 radical (unpaired) electrons. The van der Waals surface area contributed by atoms with Crippen LogP contribution >= 0.6 is 27.5 Å². The molecule has 0 bridgehead atoms. The first kappa shape index (κ1) is 14.8. The summed E-state index contributed by atoms with van der Waals surface area (Å²) in [5.41, 5.74) is 0.541. The third-order valence-corrected chi connectivity index (χ3v) is 4.22. The molecule has 1 N–H and O–H groups in total. The molecular weight excluding hydrogens is 334 g/mol. The summed E-state index contributed by atoms with van der Waals surface area (Å²) in [5.74, 6) is -0.0944. The molecule has 1 fully saturated rings. The van der Waals surface area contributed by atoms with Crippen molar-refractivity contribution in [3.05, 3.63) is 33.3 Å². The lowest BCUT2D eigenvalue weighted by atomic mass is 10.1. The molecule has 1 saturated heterocycles. The van der Waals surface area contributed by atoms with Crippen molar-refractivity contribution >= 4 is 33.4 Å². The smallest absolute Gasteiger partial charge is 0.254 e. The molecule has 2 atom stereocenters. The Balaban J connectivity index is 2.16. The molecule has 1 aliphatic rings. The molecule has 0 aromatic heterocycles. The molecular formula is C13H15BrClNO3. The molecule has 2 rings (SSSR count). The van der Waals surface area contributed by atoms with Gasteiger partial charge in [-0.1, -0.05) is 11.6 Å². The van der Waals surface area contributed by atoms with Crippen LogP contribution in [-0.2, 0) is 4.74 Å². The van der Waals surface area contributed by atoms with Gasteiger partial charge in [0.2, 0.25) is 0 Å². The van der Waals surface area contributed by atoms with Crippen LogP contribution in [-0.4, -0.2) is 47.8 Å². The lowest BCUT2D eigenvalue weighted by molar-refractivity contribution is -0.0858. The van der Waals surface area contributed by atoms with Gasteiger partial charge in [0.15, 0.2) is 0 Å². The third-order valence-electron chi connectivity index (χ3n) is 2.98. The number of hydrogen-bond donors (Lipinski definition) is 1. The lowest BCUT2D eigenvalue weighted by Crippen LogP contribution is -2.50. The van der Waals surface area contributed by atoms with Crippen molar-refractivity contribution in [2.24, 2.45) is 0 Å². The summed E-state index contributed by atoms with van der Waals surface area (Å²) in [6.45, 7) is 2.71. The Kier molecular flexibility index (Phi) is 4.84. The minimum atomic E-state index is -0.321. The first-order valence-corrected chi connectivity index (χ1v) is 7.19. The van der Waals surface area contributed by atoms with E-state index in [9.17, 15) is 4.79 Å². The van der Waals surface area contributed by atoms with Gasteiger partial charge in [-0.2, -0.15) is 0 Å². The number of aliphatic hydroxyl groups is 1. The number of morpholine rings is 1. The highest BCUT2D eigenvalue weighted by atomic mass is 79.9. The van der Waals surface area contributed by atoms with Crippen LogP contribution in [0.3, 0.4) is 0 Å². The minimum Gasteiger partial charge on any atom is -0.394 e. The zero-order valence-corrected chi connectivity index (χ0v) is 12.8. The summed E-state index contributed by atoms with van der Waals surface area (Å²) in [7, 11) is 0. The third kappa shape index (κ3) is 3.48. The quantitative estimate of drug-likeness (QED) is 0.892. The van der Waals surface area contributed by atoms with E-state index in [2.05, 4.69) is 15.9 Å². The van der Waals surface area contributed by atoms with Crippen molar-refractivity contribution in [3.8, 4) is 0 Å². The topological polar surface area (TPSA) is 49.8 Å². The first-order chi connectivity index (χ1) is 9.01. The molecule has 1 aromatic rings. The van der Waals surface area contributed by atoms with Gasteiger partial charge in [-0.05, 0) is 41.1 Å². The van der Waals surface area contributed by atoms with Gasteiger partial charge >= 0.3 is 0 Å². The second-order valence-corrected chi connectivity index (χ2v) is 5.85. The Morgan fingerprint density at radius 3 is 2.95 bits per heavy atom. The summed E-state index contributed by atoms with van der Waals surface area (Å²) in [5, 5.41) is 9.67. The predicted molar refractivity (Wildman–Crippen MR) is 76.5 cm³/mol. The molecule has 0 aliphatic carbocycles. The Morgan fingerprint density at radius 1 is 1.58 bits per heavy atom. The Labute approximate surface area is 125 Å². The molecule has 1 amide bonds. The van der Waals surface area contributed by atoms with E-state index in [0.717, 1.165) is 4.47 Å².